The summed E-state index contributed by atoms with van der Waals surface area (Å²) < 4.78 is 0. The summed E-state index contributed by atoms with van der Waals surface area (Å²) in [5.41, 5.74) is 7.68. The van der Waals surface area contributed by atoms with Crippen molar-refractivity contribution in [3.05, 3.63) is 35.9 Å². The van der Waals surface area contributed by atoms with Gasteiger partial charge in [-0.1, -0.05) is 58.0 Å². The first-order valence-corrected chi connectivity index (χ1v) is 7.26. The van der Waals surface area contributed by atoms with Gasteiger partial charge in [0.05, 0.1) is 0 Å². The van der Waals surface area contributed by atoms with Gasteiger partial charge < -0.3 is 5.73 Å². The standard InChI is InChI=1S/C17H30N2/c1-13(15-10-8-7-9-11-15)16(12-18)19(6)14(2)17(3,4)5/h7-11,13-14,16H,12,18H2,1-6H3. The van der Waals surface area contributed by atoms with E-state index in [1.165, 1.54) is 5.56 Å². The Kier molecular flexibility index (Phi) is 5.57. The number of nitrogens with two attached hydrogens (primary N) is 1. The summed E-state index contributed by atoms with van der Waals surface area (Å²) in [6, 6.07) is 11.5. The van der Waals surface area contributed by atoms with Crippen molar-refractivity contribution >= 4 is 0 Å². The molecule has 2 N–H and O–H groups in total. The first kappa shape index (κ1) is 16.2. The average molecular weight is 262 g/mol. The maximum atomic E-state index is 6.05. The molecule has 0 aromatic heterocycles. The molecule has 0 aliphatic heterocycles. The Morgan fingerprint density at radius 3 is 2.05 bits per heavy atom. The van der Waals surface area contributed by atoms with Crippen LogP contribution in [0.1, 0.15) is 46.1 Å². The molecule has 1 rings (SSSR count). The molecule has 1 aromatic rings. The molecule has 108 valence electrons. The van der Waals surface area contributed by atoms with Crippen molar-refractivity contribution in [1.29, 1.82) is 0 Å². The summed E-state index contributed by atoms with van der Waals surface area (Å²) in [4.78, 5) is 2.44. The highest BCUT2D eigenvalue weighted by Crippen LogP contribution is 2.29. The Labute approximate surface area is 119 Å². The summed E-state index contributed by atoms with van der Waals surface area (Å²) in [6.45, 7) is 12.1. The van der Waals surface area contributed by atoms with Crippen LogP contribution in [0, 0.1) is 5.41 Å². The third-order valence-electron chi connectivity index (χ3n) is 4.53. The number of likely N-dealkylation sites (N-methyl/N-ethyl adjacent to an activating group) is 1. The van der Waals surface area contributed by atoms with E-state index in [1.54, 1.807) is 0 Å². The maximum Gasteiger partial charge on any atom is 0.0284 e. The first-order valence-electron chi connectivity index (χ1n) is 7.26. The Morgan fingerprint density at radius 2 is 1.63 bits per heavy atom. The molecule has 1 aromatic carbocycles. The summed E-state index contributed by atoms with van der Waals surface area (Å²) in [5.74, 6) is 0.445. The molecule has 3 unspecified atom stereocenters. The second-order valence-corrected chi connectivity index (χ2v) is 6.71. The van der Waals surface area contributed by atoms with Crippen molar-refractivity contribution < 1.29 is 0 Å². The van der Waals surface area contributed by atoms with Crippen LogP contribution in [0.15, 0.2) is 30.3 Å². The van der Waals surface area contributed by atoms with Crippen molar-refractivity contribution in [2.24, 2.45) is 11.1 Å². The average Bonchev–Trinajstić information content (AvgIpc) is 2.38. The maximum absolute atomic E-state index is 6.05. The molecule has 2 nitrogen and oxygen atoms in total. The fourth-order valence-electron chi connectivity index (χ4n) is 2.60. The van der Waals surface area contributed by atoms with Gasteiger partial charge in [0, 0.05) is 18.6 Å². The molecule has 0 spiro atoms. The molecule has 0 saturated carbocycles. The lowest BCUT2D eigenvalue weighted by molar-refractivity contribution is 0.0895. The van der Waals surface area contributed by atoms with Gasteiger partial charge in [-0.2, -0.15) is 0 Å². The molecule has 0 saturated heterocycles. The lowest BCUT2D eigenvalue weighted by atomic mass is 9.84. The van der Waals surface area contributed by atoms with Crippen molar-refractivity contribution in [1.82, 2.24) is 4.90 Å². The third-order valence-corrected chi connectivity index (χ3v) is 4.53. The second kappa shape index (κ2) is 6.53. The van der Waals surface area contributed by atoms with Gasteiger partial charge in [-0.15, -0.1) is 0 Å². The summed E-state index contributed by atoms with van der Waals surface area (Å²) >= 11 is 0. The molecule has 0 radical (unpaired) electrons. The van der Waals surface area contributed by atoms with E-state index >= 15 is 0 Å². The Bertz CT molecular complexity index is 367. The zero-order valence-electron chi connectivity index (χ0n) is 13.4. The number of rotatable bonds is 5. The van der Waals surface area contributed by atoms with Crippen LogP contribution >= 0.6 is 0 Å². The molecule has 0 heterocycles. The zero-order chi connectivity index (χ0) is 14.6. The summed E-state index contributed by atoms with van der Waals surface area (Å²) in [6.07, 6.45) is 0. The van der Waals surface area contributed by atoms with Crippen molar-refractivity contribution in [3.8, 4) is 0 Å². The van der Waals surface area contributed by atoms with E-state index in [9.17, 15) is 0 Å². The number of hydrogen-bond donors (Lipinski definition) is 1. The Hall–Kier alpha value is -0.860. The SMILES string of the molecule is CC(c1ccccc1)C(CN)N(C)C(C)C(C)(C)C. The summed E-state index contributed by atoms with van der Waals surface area (Å²) in [7, 11) is 2.20. The van der Waals surface area contributed by atoms with E-state index in [-0.39, 0.29) is 5.41 Å². The highest BCUT2D eigenvalue weighted by atomic mass is 15.2. The van der Waals surface area contributed by atoms with Gasteiger partial charge in [-0.3, -0.25) is 4.90 Å². The topological polar surface area (TPSA) is 29.3 Å². The predicted octanol–water partition coefficient (Wildman–Crippen LogP) is 3.48. The summed E-state index contributed by atoms with van der Waals surface area (Å²) in [5, 5.41) is 0. The minimum atomic E-state index is 0.262. The lowest BCUT2D eigenvalue weighted by Crippen LogP contribution is -2.50. The van der Waals surface area contributed by atoms with Crippen molar-refractivity contribution in [2.45, 2.75) is 52.6 Å². The quantitative estimate of drug-likeness (QED) is 0.880. The highest BCUT2D eigenvalue weighted by molar-refractivity contribution is 5.20. The smallest absolute Gasteiger partial charge is 0.0284 e. The fourth-order valence-corrected chi connectivity index (χ4v) is 2.60. The van der Waals surface area contributed by atoms with Crippen LogP contribution in [0.5, 0.6) is 0 Å². The molecule has 0 bridgehead atoms. The number of benzene rings is 1. The van der Waals surface area contributed by atoms with E-state index in [2.05, 4.69) is 76.9 Å². The zero-order valence-corrected chi connectivity index (χ0v) is 13.4. The third kappa shape index (κ3) is 4.05. The molecular formula is C17H30N2. The van der Waals surface area contributed by atoms with Gasteiger partial charge in [0.25, 0.3) is 0 Å². The normalized spacial score (nSPS) is 17.3. The van der Waals surface area contributed by atoms with E-state index in [4.69, 9.17) is 5.73 Å². The van der Waals surface area contributed by atoms with Crippen LogP contribution < -0.4 is 5.73 Å². The molecule has 19 heavy (non-hydrogen) atoms. The van der Waals surface area contributed by atoms with E-state index in [1.807, 2.05) is 0 Å². The van der Waals surface area contributed by atoms with Gasteiger partial charge in [-0.05, 0) is 30.9 Å². The van der Waals surface area contributed by atoms with Crippen molar-refractivity contribution in [2.75, 3.05) is 13.6 Å². The van der Waals surface area contributed by atoms with E-state index in [0.29, 0.717) is 24.5 Å². The molecular weight excluding hydrogens is 232 g/mol. The van der Waals surface area contributed by atoms with Crippen LogP contribution in [-0.2, 0) is 0 Å². The van der Waals surface area contributed by atoms with Gasteiger partial charge in [0.15, 0.2) is 0 Å². The van der Waals surface area contributed by atoms with Crippen LogP contribution in [-0.4, -0.2) is 30.6 Å². The first-order chi connectivity index (χ1) is 8.79. The number of nitrogens with zero attached hydrogens (tertiary/aromatic N) is 1. The largest absolute Gasteiger partial charge is 0.329 e. The second-order valence-electron chi connectivity index (χ2n) is 6.71. The predicted molar refractivity (Wildman–Crippen MR) is 84.4 cm³/mol. The van der Waals surface area contributed by atoms with Gasteiger partial charge >= 0.3 is 0 Å². The Balaban J connectivity index is 2.89. The highest BCUT2D eigenvalue weighted by Gasteiger charge is 2.30. The molecule has 3 atom stereocenters. The van der Waals surface area contributed by atoms with Gasteiger partial charge in [0.2, 0.25) is 0 Å². The molecule has 0 fully saturated rings. The van der Waals surface area contributed by atoms with Crippen LogP contribution in [0.3, 0.4) is 0 Å². The minimum absolute atomic E-state index is 0.262. The van der Waals surface area contributed by atoms with Gasteiger partial charge in [-0.25, -0.2) is 0 Å². The monoisotopic (exact) mass is 262 g/mol. The fraction of sp³-hybridized carbons (Fsp3) is 0.647. The van der Waals surface area contributed by atoms with E-state index < -0.39 is 0 Å². The van der Waals surface area contributed by atoms with Crippen molar-refractivity contribution in [3.63, 3.8) is 0 Å². The van der Waals surface area contributed by atoms with E-state index in [0.717, 1.165) is 0 Å². The Morgan fingerprint density at radius 1 is 1.11 bits per heavy atom. The molecule has 0 aliphatic rings. The molecule has 0 aliphatic carbocycles. The van der Waals surface area contributed by atoms with Crippen LogP contribution in [0.4, 0.5) is 0 Å². The van der Waals surface area contributed by atoms with Gasteiger partial charge in [0.1, 0.15) is 0 Å². The molecule has 2 heteroatoms. The van der Waals surface area contributed by atoms with Crippen LogP contribution in [0.25, 0.3) is 0 Å². The minimum Gasteiger partial charge on any atom is -0.329 e. The molecule has 0 amide bonds. The number of hydrogen-bond acceptors (Lipinski definition) is 2. The lowest BCUT2D eigenvalue weighted by Gasteiger charge is -2.42. The van der Waals surface area contributed by atoms with Crippen LogP contribution in [0.2, 0.25) is 0 Å².